The van der Waals surface area contributed by atoms with E-state index in [0.717, 1.165) is 0 Å². The van der Waals surface area contributed by atoms with E-state index in [1.165, 1.54) is 0 Å². The smallest absolute Gasteiger partial charge is 0.483 e. The number of carbonyl (C=O) groups is 1. The Morgan fingerprint density at radius 1 is 1.19 bits per heavy atom. The van der Waals surface area contributed by atoms with Crippen LogP contribution in [0.4, 0.5) is 0 Å². The number of carbonyl (C=O) groups excluding carboxylic acids is 1. The largest absolute Gasteiger partial charge is 0.594 e. The van der Waals surface area contributed by atoms with Gasteiger partial charge in [-0.25, -0.2) is 0 Å². The van der Waals surface area contributed by atoms with Gasteiger partial charge in [0.15, 0.2) is 19.0 Å². The van der Waals surface area contributed by atoms with E-state index >= 15 is 0 Å². The number of Topliss-reactive ketones (excluding diaryl/α,β-unsaturated/α-hetero) is 1. The maximum atomic E-state index is 11.7. The molecule has 0 aliphatic rings. The summed E-state index contributed by atoms with van der Waals surface area (Å²) in [7, 11) is 0. The summed E-state index contributed by atoms with van der Waals surface area (Å²) in [5.41, 5.74) is -2.19. The summed E-state index contributed by atoms with van der Waals surface area (Å²) in [6, 6.07) is 8.30. The number of aliphatic hydroxyl groups excluding tert-OH is 2. The fourth-order valence-corrected chi connectivity index (χ4v) is 1.50. The molecule has 1 aromatic carbocycles. The van der Waals surface area contributed by atoms with Gasteiger partial charge in [-0.1, -0.05) is 30.3 Å². The van der Waals surface area contributed by atoms with Crippen molar-refractivity contribution in [3.63, 3.8) is 0 Å². The summed E-state index contributed by atoms with van der Waals surface area (Å²) in [6.45, 7) is -2.68. The number of aliphatic hydroxyl groups is 2. The molecule has 9 nitrogen and oxygen atoms in total. The first-order chi connectivity index (χ1) is 9.97. The minimum atomic E-state index is -2.63. The lowest BCUT2D eigenvalue weighted by molar-refractivity contribution is -0.819. The third-order valence-corrected chi connectivity index (χ3v) is 2.87. The maximum absolute atomic E-state index is 11.7. The minimum Gasteiger partial charge on any atom is -0.594 e. The fraction of sp³-hybridized carbons (Fsp3) is 0.417. The first-order valence-electron chi connectivity index (χ1n) is 6.07. The summed E-state index contributed by atoms with van der Waals surface area (Å²) >= 11 is 0. The summed E-state index contributed by atoms with van der Waals surface area (Å²) in [5.74, 6) is -0.271. The number of azo groups is 1. The van der Waals surface area contributed by atoms with Crippen molar-refractivity contribution in [2.24, 2.45) is 5.11 Å². The molecule has 0 radical (unpaired) electrons. The Morgan fingerprint density at radius 2 is 1.76 bits per heavy atom. The number of hydrogen-bond acceptors (Lipinski definition) is 7. The zero-order valence-electron chi connectivity index (χ0n) is 11.1. The summed E-state index contributed by atoms with van der Waals surface area (Å²) in [6.07, 6.45) is -0.118. The highest BCUT2D eigenvalue weighted by Gasteiger charge is 2.53. The van der Waals surface area contributed by atoms with E-state index < -0.39 is 23.8 Å². The van der Waals surface area contributed by atoms with Crippen LogP contribution in [0, 0.1) is 15.3 Å². The van der Waals surface area contributed by atoms with Gasteiger partial charge in [-0.05, 0) is 9.97 Å². The molecule has 2 N–H and O–H groups in total. The normalized spacial score (nSPS) is 12.2. The van der Waals surface area contributed by atoms with Crippen molar-refractivity contribution in [1.82, 2.24) is 0 Å². The molecule has 0 spiro atoms. The second kappa shape index (κ2) is 7.41. The Kier molecular flexibility index (Phi) is 5.88. The van der Waals surface area contributed by atoms with Gasteiger partial charge in [0, 0.05) is 12.0 Å². The average molecular weight is 297 g/mol. The van der Waals surface area contributed by atoms with Crippen molar-refractivity contribution in [3.05, 3.63) is 51.2 Å². The molecule has 0 atom stereocenters. The molecule has 0 bridgehead atoms. The highest BCUT2D eigenvalue weighted by atomic mass is 16.7. The number of nitro groups is 1. The van der Waals surface area contributed by atoms with Crippen LogP contribution in [0.1, 0.15) is 16.8 Å². The topological polar surface area (TPSA) is 139 Å². The van der Waals surface area contributed by atoms with Crippen molar-refractivity contribution in [2.75, 3.05) is 19.8 Å². The van der Waals surface area contributed by atoms with Gasteiger partial charge in [0.05, 0.1) is 0 Å². The Hall–Kier alpha value is -2.39. The van der Waals surface area contributed by atoms with Crippen LogP contribution in [0.5, 0.6) is 0 Å². The highest BCUT2D eigenvalue weighted by Crippen LogP contribution is 2.11. The molecule has 0 aliphatic heterocycles. The van der Waals surface area contributed by atoms with Gasteiger partial charge in [0.1, 0.15) is 11.5 Å². The molecule has 1 aromatic rings. The third kappa shape index (κ3) is 3.80. The van der Waals surface area contributed by atoms with Crippen LogP contribution in [-0.4, -0.2) is 51.2 Å². The van der Waals surface area contributed by atoms with Crippen LogP contribution >= 0.6 is 0 Å². The number of ketones is 1. The van der Waals surface area contributed by atoms with E-state index in [0.29, 0.717) is 5.56 Å². The van der Waals surface area contributed by atoms with Gasteiger partial charge in [0.2, 0.25) is 0 Å². The molecule has 0 unspecified atom stereocenters. The van der Waals surface area contributed by atoms with E-state index in [2.05, 4.69) is 5.11 Å². The van der Waals surface area contributed by atoms with E-state index in [9.17, 15) is 20.1 Å². The van der Waals surface area contributed by atoms with Crippen LogP contribution in [0.3, 0.4) is 0 Å². The molecule has 0 saturated carbocycles. The lowest BCUT2D eigenvalue weighted by atomic mass is 10.1. The van der Waals surface area contributed by atoms with Crippen LogP contribution in [-0.2, 0) is 0 Å². The highest BCUT2D eigenvalue weighted by molar-refractivity contribution is 5.96. The first kappa shape index (κ1) is 16.7. The molecule has 0 saturated heterocycles. The van der Waals surface area contributed by atoms with Gasteiger partial charge < -0.3 is 15.4 Å². The standard InChI is InChI=1S/C12H15N3O6/c16-8-12(9-17,15(20)21)14(19)13-7-6-11(18)10-4-2-1-3-5-10/h1-5,16-17H,6-9H2. The maximum Gasteiger partial charge on any atom is 0.483 e. The molecule has 9 heteroatoms. The van der Waals surface area contributed by atoms with Crippen molar-refractivity contribution < 1.29 is 24.8 Å². The number of hydrogen-bond donors (Lipinski definition) is 2. The summed E-state index contributed by atoms with van der Waals surface area (Å²) < 4.78 is 0. The molecule has 21 heavy (non-hydrogen) atoms. The van der Waals surface area contributed by atoms with Crippen LogP contribution in [0.2, 0.25) is 0 Å². The molecule has 0 aliphatic carbocycles. The molecule has 0 aromatic heterocycles. The third-order valence-electron chi connectivity index (χ3n) is 2.87. The van der Waals surface area contributed by atoms with Crippen molar-refractivity contribution in [1.29, 1.82) is 0 Å². The molecule has 114 valence electrons. The Balaban J connectivity index is 2.72. The monoisotopic (exact) mass is 297 g/mol. The molecule has 0 amide bonds. The quantitative estimate of drug-likeness (QED) is 0.175. The predicted octanol–water partition coefficient (Wildman–Crippen LogP) is 0.180. The molecular formula is C12H15N3O6. The average Bonchev–Trinajstić information content (AvgIpc) is 2.49. The minimum absolute atomic E-state index is 0.118. The number of rotatable bonds is 8. The molecular weight excluding hydrogens is 282 g/mol. The molecule has 1 rings (SSSR count). The summed E-state index contributed by atoms with van der Waals surface area (Å²) in [5, 5.41) is 43.5. The van der Waals surface area contributed by atoms with Gasteiger partial charge in [-0.2, -0.15) is 0 Å². The zero-order chi connectivity index (χ0) is 15.9. The van der Waals surface area contributed by atoms with E-state index in [1.807, 2.05) is 0 Å². The predicted molar refractivity (Wildman–Crippen MR) is 70.2 cm³/mol. The summed E-state index contributed by atoms with van der Waals surface area (Å²) in [4.78, 5) is 21.0. The fourth-order valence-electron chi connectivity index (χ4n) is 1.50. The zero-order valence-corrected chi connectivity index (χ0v) is 11.1. The van der Waals surface area contributed by atoms with E-state index in [4.69, 9.17) is 10.2 Å². The number of hydroxylamine groups is 1. The molecule has 0 fully saturated rings. The van der Waals surface area contributed by atoms with Gasteiger partial charge in [-0.3, -0.25) is 14.9 Å². The Bertz CT molecular complexity index is 527. The van der Waals surface area contributed by atoms with Crippen LogP contribution < -0.4 is 0 Å². The second-order valence-corrected chi connectivity index (χ2v) is 4.23. The molecule has 0 heterocycles. The van der Waals surface area contributed by atoms with E-state index in [-0.39, 0.29) is 23.6 Å². The van der Waals surface area contributed by atoms with Gasteiger partial charge in [0.25, 0.3) is 0 Å². The van der Waals surface area contributed by atoms with Gasteiger partial charge >= 0.3 is 5.66 Å². The lowest BCUT2D eigenvalue weighted by Crippen LogP contribution is -2.53. The SMILES string of the molecule is O=C(CCN=[N+]([O-])C(CO)(CO)[N+](=O)[O-])c1ccccc1. The van der Waals surface area contributed by atoms with E-state index in [1.54, 1.807) is 30.3 Å². The van der Waals surface area contributed by atoms with Crippen molar-refractivity contribution in [3.8, 4) is 0 Å². The van der Waals surface area contributed by atoms with Crippen molar-refractivity contribution >= 4 is 5.78 Å². The van der Waals surface area contributed by atoms with Crippen molar-refractivity contribution in [2.45, 2.75) is 12.1 Å². The number of benzene rings is 1. The first-order valence-corrected chi connectivity index (χ1v) is 6.07. The Morgan fingerprint density at radius 3 is 2.24 bits per heavy atom. The lowest BCUT2D eigenvalue weighted by Gasteiger charge is -2.16. The van der Waals surface area contributed by atoms with Crippen LogP contribution in [0.25, 0.3) is 0 Å². The number of nitrogens with zero attached hydrogens (tertiary/aromatic N) is 3. The van der Waals surface area contributed by atoms with Crippen LogP contribution in [0.15, 0.2) is 35.4 Å². The second-order valence-electron chi connectivity index (χ2n) is 4.23. The van der Waals surface area contributed by atoms with Gasteiger partial charge in [-0.15, -0.1) is 0 Å². The Labute approximate surface area is 119 Å².